The topological polar surface area (TPSA) is 93.6 Å². The van der Waals surface area contributed by atoms with Crippen molar-refractivity contribution in [1.82, 2.24) is 4.98 Å². The molecule has 1 aromatic heterocycles. The van der Waals surface area contributed by atoms with E-state index in [1.807, 2.05) is 32.3 Å². The molecule has 9 heteroatoms. The number of ether oxygens (including phenoxy) is 1. The molecule has 1 aromatic carbocycles. The van der Waals surface area contributed by atoms with Crippen LogP contribution in [0.5, 0.6) is 0 Å². The predicted octanol–water partition coefficient (Wildman–Crippen LogP) is 2.43. The number of anilines is 2. The van der Waals surface area contributed by atoms with Crippen molar-refractivity contribution in [2.45, 2.75) is 12.8 Å². The summed E-state index contributed by atoms with van der Waals surface area (Å²) >= 11 is 0. The normalized spacial score (nSPS) is 15.8. The number of nitrogens with one attached hydrogen (secondary N) is 1. The molecule has 1 amide bonds. The number of fused-ring (bicyclic) bond motifs is 1. The SMILES string of the molecule is CN(C)c1nc2cc(NC(=O)C3(CN)CCOCC3)ccc2o1.Cl.Cl. The van der Waals surface area contributed by atoms with Crippen LogP contribution in [0.2, 0.25) is 0 Å². The first kappa shape index (κ1) is 21.5. The Balaban J connectivity index is 0.00000156. The maximum absolute atomic E-state index is 12.7. The van der Waals surface area contributed by atoms with E-state index in [4.69, 9.17) is 14.9 Å². The predicted molar refractivity (Wildman–Crippen MR) is 103 cm³/mol. The molecule has 0 radical (unpaired) electrons. The molecular weight excluding hydrogens is 367 g/mol. The zero-order valence-corrected chi connectivity index (χ0v) is 15.9. The van der Waals surface area contributed by atoms with Crippen LogP contribution in [-0.2, 0) is 9.53 Å². The summed E-state index contributed by atoms with van der Waals surface area (Å²) in [5, 5.41) is 2.96. The fourth-order valence-electron chi connectivity index (χ4n) is 2.73. The van der Waals surface area contributed by atoms with Crippen molar-refractivity contribution >= 4 is 53.5 Å². The third-order valence-electron chi connectivity index (χ3n) is 4.34. The van der Waals surface area contributed by atoms with E-state index in [0.717, 1.165) is 0 Å². The number of carbonyl (C=O) groups is 1. The monoisotopic (exact) mass is 390 g/mol. The first-order chi connectivity index (χ1) is 11.0. The Morgan fingerprint density at radius 2 is 2.00 bits per heavy atom. The van der Waals surface area contributed by atoms with Crippen molar-refractivity contribution in [2.75, 3.05) is 44.1 Å². The summed E-state index contributed by atoms with van der Waals surface area (Å²) in [7, 11) is 3.73. The fraction of sp³-hybridized carbons (Fsp3) is 0.500. The van der Waals surface area contributed by atoms with E-state index in [0.29, 0.717) is 55.4 Å². The Bertz CT molecular complexity index is 714. The molecule has 0 atom stereocenters. The standard InChI is InChI=1S/C16H22N4O3.2ClH/c1-20(2)15-19-12-9-11(3-4-13(12)23-15)18-14(21)16(10-17)5-7-22-8-6-16;;/h3-4,9H,5-8,10,17H2,1-2H3,(H,18,21);2*1H. The molecular formula is C16H24Cl2N4O3. The number of hydrogen-bond donors (Lipinski definition) is 2. The van der Waals surface area contributed by atoms with Gasteiger partial charge in [-0.1, -0.05) is 0 Å². The van der Waals surface area contributed by atoms with Crippen molar-refractivity contribution in [2.24, 2.45) is 11.1 Å². The third kappa shape index (κ3) is 4.36. The number of amides is 1. The van der Waals surface area contributed by atoms with Gasteiger partial charge in [-0.25, -0.2) is 0 Å². The number of carbonyl (C=O) groups excluding carboxylic acids is 1. The van der Waals surface area contributed by atoms with Crippen LogP contribution < -0.4 is 16.0 Å². The van der Waals surface area contributed by atoms with Gasteiger partial charge in [0.15, 0.2) is 5.58 Å². The Labute approximate surface area is 159 Å². The van der Waals surface area contributed by atoms with E-state index in [1.54, 1.807) is 4.90 Å². The number of nitrogens with two attached hydrogens (primary N) is 1. The Morgan fingerprint density at radius 3 is 2.60 bits per heavy atom. The van der Waals surface area contributed by atoms with Crippen LogP contribution in [0.25, 0.3) is 11.1 Å². The van der Waals surface area contributed by atoms with Gasteiger partial charge >= 0.3 is 0 Å². The van der Waals surface area contributed by atoms with Gasteiger partial charge in [0, 0.05) is 39.5 Å². The molecule has 0 aliphatic carbocycles. The van der Waals surface area contributed by atoms with Gasteiger partial charge in [0.25, 0.3) is 6.01 Å². The van der Waals surface area contributed by atoms with Crippen molar-refractivity contribution < 1.29 is 13.9 Å². The summed E-state index contributed by atoms with van der Waals surface area (Å²) in [6.07, 6.45) is 1.29. The molecule has 2 heterocycles. The second kappa shape index (κ2) is 8.71. The lowest BCUT2D eigenvalue weighted by atomic mass is 9.79. The highest BCUT2D eigenvalue weighted by Gasteiger charge is 2.38. The average Bonchev–Trinajstić information content (AvgIpc) is 2.99. The minimum atomic E-state index is -0.550. The Morgan fingerprint density at radius 1 is 1.32 bits per heavy atom. The number of benzene rings is 1. The van der Waals surface area contributed by atoms with Crippen LogP contribution >= 0.6 is 24.8 Å². The minimum Gasteiger partial charge on any atom is -0.423 e. The van der Waals surface area contributed by atoms with Crippen LogP contribution in [0.15, 0.2) is 22.6 Å². The van der Waals surface area contributed by atoms with Gasteiger partial charge in [-0.15, -0.1) is 24.8 Å². The van der Waals surface area contributed by atoms with E-state index in [2.05, 4.69) is 10.3 Å². The largest absolute Gasteiger partial charge is 0.423 e. The first-order valence-electron chi connectivity index (χ1n) is 7.71. The van der Waals surface area contributed by atoms with Crippen molar-refractivity contribution in [1.29, 1.82) is 0 Å². The third-order valence-corrected chi connectivity index (χ3v) is 4.34. The molecule has 1 aliphatic heterocycles. The van der Waals surface area contributed by atoms with E-state index in [1.165, 1.54) is 0 Å². The number of halogens is 2. The van der Waals surface area contributed by atoms with Gasteiger partial charge in [-0.2, -0.15) is 4.98 Å². The summed E-state index contributed by atoms with van der Waals surface area (Å²) in [4.78, 5) is 18.9. The van der Waals surface area contributed by atoms with Crippen molar-refractivity contribution in [3.8, 4) is 0 Å². The number of aromatic nitrogens is 1. The van der Waals surface area contributed by atoms with Crippen molar-refractivity contribution in [3.05, 3.63) is 18.2 Å². The number of hydrogen-bond acceptors (Lipinski definition) is 6. The van der Waals surface area contributed by atoms with Gasteiger partial charge in [0.05, 0.1) is 5.41 Å². The molecule has 2 aromatic rings. The molecule has 0 unspecified atom stereocenters. The van der Waals surface area contributed by atoms with E-state index < -0.39 is 5.41 Å². The lowest BCUT2D eigenvalue weighted by molar-refractivity contribution is -0.130. The molecule has 3 N–H and O–H groups in total. The number of oxazole rings is 1. The summed E-state index contributed by atoms with van der Waals surface area (Å²) < 4.78 is 11.0. The quantitative estimate of drug-likeness (QED) is 0.832. The highest BCUT2D eigenvalue weighted by Crippen LogP contribution is 2.31. The van der Waals surface area contributed by atoms with Gasteiger partial charge < -0.3 is 25.1 Å². The average molecular weight is 391 g/mol. The second-order valence-corrected chi connectivity index (χ2v) is 6.12. The first-order valence-corrected chi connectivity index (χ1v) is 7.71. The molecule has 7 nitrogen and oxygen atoms in total. The minimum absolute atomic E-state index is 0. The van der Waals surface area contributed by atoms with Gasteiger partial charge in [0.1, 0.15) is 5.52 Å². The Hall–Kier alpha value is -1.54. The maximum Gasteiger partial charge on any atom is 0.297 e. The molecule has 25 heavy (non-hydrogen) atoms. The lowest BCUT2D eigenvalue weighted by Gasteiger charge is -2.34. The van der Waals surface area contributed by atoms with E-state index in [9.17, 15) is 4.79 Å². The smallest absolute Gasteiger partial charge is 0.297 e. The second-order valence-electron chi connectivity index (χ2n) is 6.12. The van der Waals surface area contributed by atoms with Gasteiger partial charge in [-0.3, -0.25) is 4.79 Å². The number of nitrogens with zero attached hydrogens (tertiary/aromatic N) is 2. The number of rotatable bonds is 4. The molecule has 1 saturated heterocycles. The van der Waals surface area contributed by atoms with Gasteiger partial charge in [-0.05, 0) is 31.0 Å². The lowest BCUT2D eigenvalue weighted by Crippen LogP contribution is -2.46. The van der Waals surface area contributed by atoms with Crippen LogP contribution in [-0.4, -0.2) is 44.7 Å². The molecule has 1 fully saturated rings. The zero-order chi connectivity index (χ0) is 16.4. The van der Waals surface area contributed by atoms with E-state index >= 15 is 0 Å². The zero-order valence-electron chi connectivity index (χ0n) is 14.3. The fourth-order valence-corrected chi connectivity index (χ4v) is 2.73. The summed E-state index contributed by atoms with van der Waals surface area (Å²) in [6.45, 7) is 1.46. The van der Waals surface area contributed by atoms with E-state index in [-0.39, 0.29) is 30.7 Å². The van der Waals surface area contributed by atoms with Crippen LogP contribution in [0.3, 0.4) is 0 Å². The molecule has 1 aliphatic rings. The molecule has 0 spiro atoms. The maximum atomic E-state index is 12.7. The van der Waals surface area contributed by atoms with Gasteiger partial charge in [0.2, 0.25) is 5.91 Å². The molecule has 140 valence electrons. The summed E-state index contributed by atoms with van der Waals surface area (Å²) in [5.74, 6) is -0.0565. The van der Waals surface area contributed by atoms with Crippen LogP contribution in [0.4, 0.5) is 11.7 Å². The van der Waals surface area contributed by atoms with Crippen LogP contribution in [0, 0.1) is 5.41 Å². The van der Waals surface area contributed by atoms with Crippen molar-refractivity contribution in [3.63, 3.8) is 0 Å². The molecule has 0 bridgehead atoms. The highest BCUT2D eigenvalue weighted by molar-refractivity contribution is 5.97. The molecule has 0 saturated carbocycles. The summed E-state index contributed by atoms with van der Waals surface area (Å²) in [5.41, 5.74) is 7.41. The Kier molecular flexibility index (Phi) is 7.49. The highest BCUT2D eigenvalue weighted by atomic mass is 35.5. The summed E-state index contributed by atoms with van der Waals surface area (Å²) in [6, 6.07) is 5.97. The molecule has 3 rings (SSSR count). The van der Waals surface area contributed by atoms with Crippen LogP contribution in [0.1, 0.15) is 12.8 Å².